The largest absolute Gasteiger partial charge is 0.506 e. The fraction of sp³-hybridized carbons (Fsp3) is 0.0714. The van der Waals surface area contributed by atoms with Gasteiger partial charge in [0.2, 0.25) is 0 Å². The Kier molecular flexibility index (Phi) is 2.29. The van der Waals surface area contributed by atoms with Crippen LogP contribution < -0.4 is 0 Å². The molecule has 3 nitrogen and oxygen atoms in total. The van der Waals surface area contributed by atoms with Crippen molar-refractivity contribution in [3.8, 4) is 5.75 Å². The van der Waals surface area contributed by atoms with Gasteiger partial charge in [0.05, 0.1) is 11.8 Å². The molecular weight excluding hydrogens is 212 g/mol. The zero-order chi connectivity index (χ0) is 11.7. The number of nitrogens with zero attached hydrogens (tertiary/aromatic N) is 2. The van der Waals surface area contributed by atoms with E-state index < -0.39 is 0 Å². The molecule has 0 saturated heterocycles. The van der Waals surface area contributed by atoms with E-state index in [9.17, 15) is 5.11 Å². The van der Waals surface area contributed by atoms with E-state index in [4.69, 9.17) is 0 Å². The third kappa shape index (κ3) is 1.76. The lowest BCUT2D eigenvalue weighted by Crippen LogP contribution is -1.97. The number of hydrogen-bond acceptors (Lipinski definition) is 2. The van der Waals surface area contributed by atoms with Gasteiger partial charge in [0.1, 0.15) is 11.3 Å². The standard InChI is InChI=1S/C14H12N2O/c17-13-8-4-7-12-14(13)15-10-16(12)9-11-5-2-1-3-6-11/h1-8,10,17H,9H2. The highest BCUT2D eigenvalue weighted by molar-refractivity contribution is 5.81. The van der Waals surface area contributed by atoms with Crippen LogP contribution in [0.1, 0.15) is 5.56 Å². The van der Waals surface area contributed by atoms with Crippen LogP contribution in [0.4, 0.5) is 0 Å². The maximum Gasteiger partial charge on any atom is 0.143 e. The van der Waals surface area contributed by atoms with E-state index in [1.807, 2.05) is 34.9 Å². The Morgan fingerprint density at radius 2 is 1.82 bits per heavy atom. The number of benzene rings is 2. The predicted molar refractivity (Wildman–Crippen MR) is 66.9 cm³/mol. The molecule has 0 bridgehead atoms. The van der Waals surface area contributed by atoms with Crippen LogP contribution in [0.5, 0.6) is 5.75 Å². The average molecular weight is 224 g/mol. The number of phenolic OH excluding ortho intramolecular Hbond substituents is 1. The number of fused-ring (bicyclic) bond motifs is 1. The van der Waals surface area contributed by atoms with Crippen molar-refractivity contribution in [2.45, 2.75) is 6.54 Å². The van der Waals surface area contributed by atoms with E-state index in [2.05, 4.69) is 17.1 Å². The van der Waals surface area contributed by atoms with E-state index in [-0.39, 0.29) is 5.75 Å². The molecule has 0 aliphatic heterocycles. The summed E-state index contributed by atoms with van der Waals surface area (Å²) in [5, 5.41) is 9.67. The van der Waals surface area contributed by atoms with Gasteiger partial charge in [-0.3, -0.25) is 0 Å². The van der Waals surface area contributed by atoms with Crippen molar-refractivity contribution in [1.82, 2.24) is 9.55 Å². The minimum atomic E-state index is 0.231. The second-order valence-corrected chi connectivity index (χ2v) is 4.00. The van der Waals surface area contributed by atoms with E-state index in [0.29, 0.717) is 5.52 Å². The highest BCUT2D eigenvalue weighted by Gasteiger charge is 2.05. The van der Waals surface area contributed by atoms with Crippen LogP contribution in [0, 0.1) is 0 Å². The van der Waals surface area contributed by atoms with Crippen molar-refractivity contribution in [3.05, 3.63) is 60.4 Å². The van der Waals surface area contributed by atoms with Gasteiger partial charge in [0.15, 0.2) is 0 Å². The molecule has 1 heterocycles. The molecule has 0 saturated carbocycles. The Bertz CT molecular complexity index is 644. The smallest absolute Gasteiger partial charge is 0.143 e. The molecule has 0 atom stereocenters. The topological polar surface area (TPSA) is 38.1 Å². The highest BCUT2D eigenvalue weighted by atomic mass is 16.3. The van der Waals surface area contributed by atoms with Crippen LogP contribution in [0.3, 0.4) is 0 Å². The summed E-state index contributed by atoms with van der Waals surface area (Å²) in [6.45, 7) is 0.765. The first-order valence-corrected chi connectivity index (χ1v) is 5.51. The number of imidazole rings is 1. The first-order chi connectivity index (χ1) is 8.34. The summed E-state index contributed by atoms with van der Waals surface area (Å²) < 4.78 is 2.03. The molecule has 1 N–H and O–H groups in total. The summed E-state index contributed by atoms with van der Waals surface area (Å²) in [7, 11) is 0. The molecule has 0 unspecified atom stereocenters. The molecule has 17 heavy (non-hydrogen) atoms. The summed E-state index contributed by atoms with van der Waals surface area (Å²) in [5.41, 5.74) is 2.83. The average Bonchev–Trinajstić information content (AvgIpc) is 2.76. The van der Waals surface area contributed by atoms with Gasteiger partial charge in [-0.1, -0.05) is 36.4 Å². The van der Waals surface area contributed by atoms with E-state index in [1.165, 1.54) is 5.56 Å². The number of rotatable bonds is 2. The zero-order valence-corrected chi connectivity index (χ0v) is 9.24. The number of aromatic nitrogens is 2. The Hall–Kier alpha value is -2.29. The fourth-order valence-corrected chi connectivity index (χ4v) is 1.98. The van der Waals surface area contributed by atoms with Gasteiger partial charge in [0.25, 0.3) is 0 Å². The number of aromatic hydroxyl groups is 1. The van der Waals surface area contributed by atoms with E-state index >= 15 is 0 Å². The third-order valence-corrected chi connectivity index (χ3v) is 2.82. The van der Waals surface area contributed by atoms with Crippen molar-refractivity contribution < 1.29 is 5.11 Å². The third-order valence-electron chi connectivity index (χ3n) is 2.82. The molecular formula is C14H12N2O. The molecule has 0 spiro atoms. The molecule has 3 aromatic rings. The second-order valence-electron chi connectivity index (χ2n) is 4.00. The molecule has 0 aliphatic carbocycles. The maximum absolute atomic E-state index is 9.67. The quantitative estimate of drug-likeness (QED) is 0.726. The monoisotopic (exact) mass is 224 g/mol. The lowest BCUT2D eigenvalue weighted by Gasteiger charge is -2.04. The lowest BCUT2D eigenvalue weighted by molar-refractivity contribution is 0.480. The van der Waals surface area contributed by atoms with Gasteiger partial charge >= 0.3 is 0 Å². The Balaban J connectivity index is 2.05. The van der Waals surface area contributed by atoms with Crippen LogP contribution in [0.2, 0.25) is 0 Å². The molecule has 0 fully saturated rings. The van der Waals surface area contributed by atoms with Crippen molar-refractivity contribution in [3.63, 3.8) is 0 Å². The SMILES string of the molecule is Oc1cccc2c1ncn2Cc1ccccc1. The van der Waals surface area contributed by atoms with Crippen molar-refractivity contribution >= 4 is 11.0 Å². The van der Waals surface area contributed by atoms with Crippen LogP contribution in [0.15, 0.2) is 54.9 Å². The van der Waals surface area contributed by atoms with Crippen molar-refractivity contribution in [1.29, 1.82) is 0 Å². The molecule has 0 radical (unpaired) electrons. The summed E-state index contributed by atoms with van der Waals surface area (Å²) in [6.07, 6.45) is 1.76. The summed E-state index contributed by atoms with van der Waals surface area (Å²) >= 11 is 0. The molecule has 2 aromatic carbocycles. The first kappa shape index (κ1) is 9.90. The van der Waals surface area contributed by atoms with Crippen LogP contribution >= 0.6 is 0 Å². The summed E-state index contributed by atoms with van der Waals surface area (Å²) in [6, 6.07) is 15.6. The minimum absolute atomic E-state index is 0.231. The Morgan fingerprint density at radius 1 is 1.00 bits per heavy atom. The number of phenols is 1. The van der Waals surface area contributed by atoms with Crippen LogP contribution in [-0.2, 0) is 6.54 Å². The van der Waals surface area contributed by atoms with Gasteiger partial charge in [0, 0.05) is 6.54 Å². The van der Waals surface area contributed by atoms with E-state index in [1.54, 1.807) is 12.4 Å². The molecule has 0 aliphatic rings. The highest BCUT2D eigenvalue weighted by Crippen LogP contribution is 2.22. The molecule has 1 aromatic heterocycles. The minimum Gasteiger partial charge on any atom is -0.506 e. The molecule has 0 amide bonds. The second kappa shape index (κ2) is 3.94. The molecule has 3 heteroatoms. The van der Waals surface area contributed by atoms with Gasteiger partial charge in [-0.05, 0) is 17.7 Å². The van der Waals surface area contributed by atoms with Crippen LogP contribution in [-0.4, -0.2) is 14.7 Å². The molecule has 84 valence electrons. The van der Waals surface area contributed by atoms with Crippen molar-refractivity contribution in [2.75, 3.05) is 0 Å². The lowest BCUT2D eigenvalue weighted by atomic mass is 10.2. The predicted octanol–water partition coefficient (Wildman–Crippen LogP) is 2.79. The Labute approximate surface area is 99.0 Å². The fourth-order valence-electron chi connectivity index (χ4n) is 1.98. The van der Waals surface area contributed by atoms with Gasteiger partial charge < -0.3 is 9.67 Å². The Morgan fingerprint density at radius 3 is 2.65 bits per heavy atom. The van der Waals surface area contributed by atoms with Crippen LogP contribution in [0.25, 0.3) is 11.0 Å². The number of para-hydroxylation sites is 1. The van der Waals surface area contributed by atoms with Gasteiger partial charge in [-0.25, -0.2) is 4.98 Å². The van der Waals surface area contributed by atoms with Gasteiger partial charge in [-0.2, -0.15) is 0 Å². The molecule has 3 rings (SSSR count). The van der Waals surface area contributed by atoms with Crippen molar-refractivity contribution in [2.24, 2.45) is 0 Å². The maximum atomic E-state index is 9.67. The van der Waals surface area contributed by atoms with E-state index in [0.717, 1.165) is 12.1 Å². The summed E-state index contributed by atoms with van der Waals surface area (Å²) in [4.78, 5) is 4.23. The summed E-state index contributed by atoms with van der Waals surface area (Å²) in [5.74, 6) is 0.231. The van der Waals surface area contributed by atoms with Gasteiger partial charge in [-0.15, -0.1) is 0 Å². The first-order valence-electron chi connectivity index (χ1n) is 5.51. The normalized spacial score (nSPS) is 10.8. The zero-order valence-electron chi connectivity index (χ0n) is 9.24. The number of hydrogen-bond donors (Lipinski definition) is 1.